The van der Waals surface area contributed by atoms with E-state index in [0.717, 1.165) is 5.69 Å². The van der Waals surface area contributed by atoms with Crippen LogP contribution in [-0.2, 0) is 0 Å². The molecule has 1 aliphatic carbocycles. The first-order chi connectivity index (χ1) is 12.9. The van der Waals surface area contributed by atoms with Crippen molar-refractivity contribution in [3.05, 3.63) is 59.5 Å². The van der Waals surface area contributed by atoms with Gasteiger partial charge in [-0.05, 0) is 50.1 Å². The van der Waals surface area contributed by atoms with Gasteiger partial charge in [0.25, 0.3) is 5.91 Å². The summed E-state index contributed by atoms with van der Waals surface area (Å²) in [6, 6.07) is 10.7. The summed E-state index contributed by atoms with van der Waals surface area (Å²) < 4.78 is 18.8. The van der Waals surface area contributed by atoms with Gasteiger partial charge < -0.3 is 20.3 Å². The number of nitrogens with one attached hydrogen (secondary N) is 1. The maximum absolute atomic E-state index is 13.0. The molecular weight excluding hydrogens is 351 g/mol. The molecule has 1 aliphatic rings. The number of nitrogens with zero attached hydrogens (tertiary/aromatic N) is 1. The Bertz CT molecular complexity index is 787. The van der Waals surface area contributed by atoms with Gasteiger partial charge in [0, 0.05) is 29.3 Å². The van der Waals surface area contributed by atoms with Gasteiger partial charge in [-0.25, -0.2) is 9.37 Å². The fourth-order valence-electron chi connectivity index (χ4n) is 3.35. The van der Waals surface area contributed by atoms with Gasteiger partial charge in [0.05, 0.1) is 18.8 Å². The summed E-state index contributed by atoms with van der Waals surface area (Å²) in [6.07, 6.45) is -1.16. The van der Waals surface area contributed by atoms with Crippen LogP contribution in [0.25, 0.3) is 0 Å². The molecule has 27 heavy (non-hydrogen) atoms. The summed E-state index contributed by atoms with van der Waals surface area (Å²) in [5.41, 5.74) is 0.532. The predicted octanol–water partition coefficient (Wildman–Crippen LogP) is 1.84. The van der Waals surface area contributed by atoms with Crippen LogP contribution in [0.2, 0.25) is 0 Å². The van der Waals surface area contributed by atoms with Crippen LogP contribution in [0, 0.1) is 18.2 Å². The molecule has 0 spiro atoms. The zero-order valence-electron chi connectivity index (χ0n) is 15.1. The average Bonchev–Trinajstić information content (AvgIpc) is 2.93. The first kappa shape index (κ1) is 19.3. The third kappa shape index (κ3) is 4.81. The Hall–Kier alpha value is -2.51. The summed E-state index contributed by atoms with van der Waals surface area (Å²) in [4.78, 5) is 16.6. The van der Waals surface area contributed by atoms with Crippen LogP contribution in [-0.4, -0.2) is 46.5 Å². The van der Waals surface area contributed by atoms with Gasteiger partial charge in [0.1, 0.15) is 5.82 Å². The highest BCUT2D eigenvalue weighted by atomic mass is 19.1. The van der Waals surface area contributed by atoms with Crippen molar-refractivity contribution in [1.82, 2.24) is 10.3 Å². The topological polar surface area (TPSA) is 91.7 Å². The fraction of sp³-hybridized carbons (Fsp3) is 0.400. The Labute approximate surface area is 157 Å². The molecule has 1 unspecified atom stereocenters. The lowest BCUT2D eigenvalue weighted by molar-refractivity contribution is 0.0438. The van der Waals surface area contributed by atoms with Crippen molar-refractivity contribution in [3.63, 3.8) is 0 Å². The number of aromatic nitrogens is 1. The van der Waals surface area contributed by atoms with E-state index in [0.29, 0.717) is 24.3 Å². The first-order valence-corrected chi connectivity index (χ1v) is 8.83. The molecule has 3 N–H and O–H groups in total. The second-order valence-corrected chi connectivity index (χ2v) is 7.14. The molecule has 1 heterocycles. The molecule has 0 bridgehead atoms. The zero-order chi connectivity index (χ0) is 19.4. The number of hydrogen-bond acceptors (Lipinski definition) is 5. The number of aliphatic hydroxyl groups is 2. The maximum Gasteiger partial charge on any atom is 0.251 e. The SMILES string of the molecule is Cc1cccc(OCC2(CNC(=O)c3ccc(F)cc3)C[C@@H](O)[C@@H](O)C2)n1. The number of rotatable bonds is 6. The summed E-state index contributed by atoms with van der Waals surface area (Å²) in [7, 11) is 0. The first-order valence-electron chi connectivity index (χ1n) is 8.83. The van der Waals surface area contributed by atoms with Crippen molar-refractivity contribution in [1.29, 1.82) is 0 Å². The Kier molecular flexibility index (Phi) is 5.72. The van der Waals surface area contributed by atoms with Gasteiger partial charge in [-0.3, -0.25) is 4.79 Å². The van der Waals surface area contributed by atoms with Crippen molar-refractivity contribution in [2.24, 2.45) is 5.41 Å². The molecule has 3 atom stereocenters. The van der Waals surface area contributed by atoms with E-state index >= 15 is 0 Å². The molecule has 0 saturated heterocycles. The minimum Gasteiger partial charge on any atom is -0.477 e. The molecular formula is C20H23FN2O4. The van der Waals surface area contributed by atoms with Crippen LogP contribution >= 0.6 is 0 Å². The van der Waals surface area contributed by atoms with Crippen molar-refractivity contribution < 1.29 is 24.1 Å². The largest absolute Gasteiger partial charge is 0.477 e. The summed E-state index contributed by atoms with van der Waals surface area (Å²) >= 11 is 0. The van der Waals surface area contributed by atoms with Gasteiger partial charge in [0.15, 0.2) is 0 Å². The Balaban J connectivity index is 1.67. The van der Waals surface area contributed by atoms with Gasteiger partial charge in [-0.1, -0.05) is 6.07 Å². The third-order valence-corrected chi connectivity index (χ3v) is 4.85. The van der Waals surface area contributed by atoms with Crippen LogP contribution in [0.15, 0.2) is 42.5 Å². The lowest BCUT2D eigenvalue weighted by Crippen LogP contribution is -2.40. The van der Waals surface area contributed by atoms with Crippen molar-refractivity contribution >= 4 is 5.91 Å². The van der Waals surface area contributed by atoms with Crippen molar-refractivity contribution in [3.8, 4) is 5.88 Å². The summed E-state index contributed by atoms with van der Waals surface area (Å²) in [5, 5.41) is 22.8. The molecule has 2 aromatic rings. The second-order valence-electron chi connectivity index (χ2n) is 7.14. The standard InChI is InChI=1S/C20H23FN2O4/c1-13-3-2-4-18(23-13)27-12-20(9-16(24)17(25)10-20)11-22-19(26)14-5-7-15(21)8-6-14/h2-8,16-17,24-25H,9-12H2,1H3,(H,22,26)/t16-,17+,20?. The third-order valence-electron chi connectivity index (χ3n) is 4.85. The summed E-state index contributed by atoms with van der Waals surface area (Å²) in [6.45, 7) is 2.26. The van der Waals surface area contributed by atoms with E-state index in [4.69, 9.17) is 4.74 Å². The molecule has 6 nitrogen and oxygen atoms in total. The molecule has 1 saturated carbocycles. The molecule has 3 rings (SSSR count). The quantitative estimate of drug-likeness (QED) is 0.718. The number of halogens is 1. The highest BCUT2D eigenvalue weighted by Crippen LogP contribution is 2.38. The van der Waals surface area contributed by atoms with Crippen LogP contribution < -0.4 is 10.1 Å². The van der Waals surface area contributed by atoms with E-state index in [1.807, 2.05) is 19.1 Å². The number of amides is 1. The van der Waals surface area contributed by atoms with E-state index in [-0.39, 0.29) is 19.1 Å². The van der Waals surface area contributed by atoms with E-state index in [2.05, 4.69) is 10.3 Å². The van der Waals surface area contributed by atoms with Gasteiger partial charge >= 0.3 is 0 Å². The highest BCUT2D eigenvalue weighted by molar-refractivity contribution is 5.94. The van der Waals surface area contributed by atoms with Crippen LogP contribution in [0.1, 0.15) is 28.9 Å². The number of aryl methyl sites for hydroxylation is 1. The number of benzene rings is 1. The number of carbonyl (C=O) groups excluding carboxylic acids is 1. The van der Waals surface area contributed by atoms with E-state index in [1.165, 1.54) is 24.3 Å². The van der Waals surface area contributed by atoms with Gasteiger partial charge in [-0.2, -0.15) is 0 Å². The summed E-state index contributed by atoms with van der Waals surface area (Å²) in [5.74, 6) is -0.307. The number of ether oxygens (including phenoxy) is 1. The maximum atomic E-state index is 13.0. The fourth-order valence-corrected chi connectivity index (χ4v) is 3.35. The lowest BCUT2D eigenvalue weighted by atomic mass is 9.86. The van der Waals surface area contributed by atoms with E-state index in [1.54, 1.807) is 6.07 Å². The van der Waals surface area contributed by atoms with Crippen molar-refractivity contribution in [2.45, 2.75) is 32.0 Å². The number of carbonyl (C=O) groups is 1. The zero-order valence-corrected chi connectivity index (χ0v) is 15.1. The lowest BCUT2D eigenvalue weighted by Gasteiger charge is -2.29. The predicted molar refractivity (Wildman–Crippen MR) is 96.9 cm³/mol. The minimum absolute atomic E-state index is 0.196. The molecule has 1 aromatic heterocycles. The molecule has 1 aromatic carbocycles. The molecule has 0 aliphatic heterocycles. The molecule has 7 heteroatoms. The smallest absolute Gasteiger partial charge is 0.251 e. The van der Waals surface area contributed by atoms with E-state index in [9.17, 15) is 19.4 Å². The molecule has 1 amide bonds. The Morgan fingerprint density at radius 3 is 2.52 bits per heavy atom. The minimum atomic E-state index is -0.873. The highest BCUT2D eigenvalue weighted by Gasteiger charge is 2.45. The van der Waals surface area contributed by atoms with Gasteiger partial charge in [-0.15, -0.1) is 0 Å². The second kappa shape index (κ2) is 8.02. The van der Waals surface area contributed by atoms with Crippen LogP contribution in [0.3, 0.4) is 0 Å². The van der Waals surface area contributed by atoms with Crippen LogP contribution in [0.5, 0.6) is 5.88 Å². The number of hydrogen-bond donors (Lipinski definition) is 3. The monoisotopic (exact) mass is 374 g/mol. The van der Waals surface area contributed by atoms with Crippen molar-refractivity contribution in [2.75, 3.05) is 13.2 Å². The number of aliphatic hydroxyl groups excluding tert-OH is 2. The molecule has 1 fully saturated rings. The normalized spacial score (nSPS) is 24.6. The Morgan fingerprint density at radius 1 is 1.22 bits per heavy atom. The Morgan fingerprint density at radius 2 is 1.89 bits per heavy atom. The molecule has 144 valence electrons. The molecule has 0 radical (unpaired) electrons. The number of pyridine rings is 1. The average molecular weight is 374 g/mol. The van der Waals surface area contributed by atoms with Gasteiger partial charge in [0.2, 0.25) is 5.88 Å². The van der Waals surface area contributed by atoms with Crippen LogP contribution in [0.4, 0.5) is 4.39 Å². The van der Waals surface area contributed by atoms with E-state index < -0.39 is 23.4 Å².